The number of nitrogens with one attached hydrogen (secondary N) is 1. The summed E-state index contributed by atoms with van der Waals surface area (Å²) in [6.07, 6.45) is 3.57. The molecule has 2 rings (SSSR count). The Hall–Kier alpha value is -3.47. The molecule has 0 unspecified atom stereocenters. The molecule has 2 aromatic rings. The first kappa shape index (κ1) is 22.8. The van der Waals surface area contributed by atoms with E-state index in [0.29, 0.717) is 36.2 Å². The number of azo groups is 1. The zero-order valence-corrected chi connectivity index (χ0v) is 17.6. The number of nitriles is 1. The quantitative estimate of drug-likeness (QED) is 0.598. The van der Waals surface area contributed by atoms with Crippen molar-refractivity contribution in [3.05, 3.63) is 51.3 Å². The maximum atomic E-state index is 12.7. The molecule has 0 aliphatic carbocycles. The average Bonchev–Trinajstić information content (AvgIpc) is 2.76. The summed E-state index contributed by atoms with van der Waals surface area (Å²) in [5, 5.41) is 31.3. The van der Waals surface area contributed by atoms with Gasteiger partial charge in [-0.1, -0.05) is 26.7 Å². The van der Waals surface area contributed by atoms with Crippen molar-refractivity contribution in [1.82, 2.24) is 9.88 Å². The third-order valence-corrected chi connectivity index (χ3v) is 4.76. The molecule has 0 aliphatic rings. The number of unbranched alkanes of at least 4 members (excludes halogenated alkanes) is 2. The minimum atomic E-state index is -0.497. The normalized spacial score (nSPS) is 10.9. The van der Waals surface area contributed by atoms with Crippen LogP contribution >= 0.6 is 0 Å². The van der Waals surface area contributed by atoms with E-state index in [-0.39, 0.29) is 23.0 Å². The highest BCUT2D eigenvalue weighted by molar-refractivity contribution is 5.94. The Morgan fingerprint density at radius 2 is 1.83 bits per heavy atom. The SMILES string of the molecule is CCCCc1c(/N=N/c2ccc(C(=O)NC)cc2)c(O)n(CCCC)c(=O)c1C#N. The van der Waals surface area contributed by atoms with Crippen LogP contribution in [0.15, 0.2) is 39.3 Å². The van der Waals surface area contributed by atoms with Crippen molar-refractivity contribution in [3.8, 4) is 11.9 Å². The number of carbonyl (C=O) groups excluding carboxylic acids is 1. The number of aromatic hydroxyl groups is 1. The van der Waals surface area contributed by atoms with Crippen molar-refractivity contribution in [1.29, 1.82) is 5.26 Å². The van der Waals surface area contributed by atoms with Gasteiger partial charge in [0.1, 0.15) is 11.6 Å². The van der Waals surface area contributed by atoms with Crippen molar-refractivity contribution in [2.75, 3.05) is 7.05 Å². The predicted molar refractivity (Wildman–Crippen MR) is 115 cm³/mol. The number of hydrogen-bond donors (Lipinski definition) is 2. The van der Waals surface area contributed by atoms with E-state index in [9.17, 15) is 20.0 Å². The Balaban J connectivity index is 2.55. The van der Waals surface area contributed by atoms with Crippen LogP contribution in [0.1, 0.15) is 61.0 Å². The molecule has 158 valence electrons. The lowest BCUT2D eigenvalue weighted by molar-refractivity contribution is 0.0963. The Labute approximate surface area is 175 Å². The first-order valence-electron chi connectivity index (χ1n) is 10.1. The smallest absolute Gasteiger partial charge is 0.271 e. The van der Waals surface area contributed by atoms with Crippen LogP contribution in [0.25, 0.3) is 0 Å². The number of carbonyl (C=O) groups is 1. The van der Waals surface area contributed by atoms with Gasteiger partial charge in [-0.3, -0.25) is 14.2 Å². The lowest BCUT2D eigenvalue weighted by Gasteiger charge is -2.14. The molecule has 2 N–H and O–H groups in total. The van der Waals surface area contributed by atoms with Gasteiger partial charge in [-0.2, -0.15) is 10.4 Å². The Kier molecular flexibility index (Phi) is 8.29. The van der Waals surface area contributed by atoms with Gasteiger partial charge in [-0.25, -0.2) is 0 Å². The summed E-state index contributed by atoms with van der Waals surface area (Å²) in [6, 6.07) is 8.50. The molecule has 30 heavy (non-hydrogen) atoms. The molecule has 1 amide bonds. The third-order valence-electron chi connectivity index (χ3n) is 4.76. The number of aromatic nitrogens is 1. The van der Waals surface area contributed by atoms with Crippen LogP contribution in [0.2, 0.25) is 0 Å². The highest BCUT2D eigenvalue weighted by Gasteiger charge is 2.21. The summed E-state index contributed by atoms with van der Waals surface area (Å²) in [5.74, 6) is -0.482. The molecular formula is C22H27N5O3. The second-order valence-electron chi connectivity index (χ2n) is 6.88. The van der Waals surface area contributed by atoms with Crippen LogP contribution in [0.4, 0.5) is 11.4 Å². The van der Waals surface area contributed by atoms with Crippen molar-refractivity contribution >= 4 is 17.3 Å². The summed E-state index contributed by atoms with van der Waals surface area (Å²) in [7, 11) is 1.55. The Morgan fingerprint density at radius 3 is 2.40 bits per heavy atom. The van der Waals surface area contributed by atoms with E-state index in [2.05, 4.69) is 15.5 Å². The van der Waals surface area contributed by atoms with Gasteiger partial charge in [0.2, 0.25) is 5.88 Å². The lowest BCUT2D eigenvalue weighted by atomic mass is 10.0. The van der Waals surface area contributed by atoms with Crippen molar-refractivity contribution in [2.24, 2.45) is 10.2 Å². The molecule has 0 aliphatic heterocycles. The topological polar surface area (TPSA) is 120 Å². The van der Waals surface area contributed by atoms with E-state index in [0.717, 1.165) is 19.3 Å². The van der Waals surface area contributed by atoms with E-state index in [1.807, 2.05) is 19.9 Å². The maximum absolute atomic E-state index is 12.7. The standard InChI is InChI=1S/C22H27N5O3/c1-4-6-8-17-18(14-23)21(29)27(13-7-5-2)22(30)19(17)26-25-16-11-9-15(10-12-16)20(28)24-3/h9-12,30H,4-8,13H2,1-3H3,(H,24,28)/b26-25+. The van der Waals surface area contributed by atoms with Gasteiger partial charge in [0.15, 0.2) is 5.69 Å². The van der Waals surface area contributed by atoms with Crippen molar-refractivity contribution in [2.45, 2.75) is 52.5 Å². The molecule has 8 heteroatoms. The van der Waals surface area contributed by atoms with Gasteiger partial charge >= 0.3 is 0 Å². The van der Waals surface area contributed by atoms with E-state index in [1.54, 1.807) is 31.3 Å². The zero-order chi connectivity index (χ0) is 22.1. The fourth-order valence-electron chi connectivity index (χ4n) is 3.01. The fraction of sp³-hybridized carbons (Fsp3) is 0.409. The monoisotopic (exact) mass is 409 g/mol. The molecule has 0 atom stereocenters. The third kappa shape index (κ3) is 5.11. The van der Waals surface area contributed by atoms with E-state index in [4.69, 9.17) is 0 Å². The number of hydrogen-bond acceptors (Lipinski definition) is 6. The Bertz CT molecular complexity index is 1020. The molecule has 0 saturated carbocycles. The summed E-state index contributed by atoms with van der Waals surface area (Å²) in [4.78, 5) is 24.4. The van der Waals surface area contributed by atoms with E-state index < -0.39 is 5.56 Å². The first-order chi connectivity index (χ1) is 14.5. The number of pyridine rings is 1. The number of nitrogens with zero attached hydrogens (tertiary/aromatic N) is 4. The summed E-state index contributed by atoms with van der Waals surface area (Å²) < 4.78 is 1.19. The number of amides is 1. The summed E-state index contributed by atoms with van der Waals surface area (Å²) in [6.45, 7) is 4.28. The largest absolute Gasteiger partial charge is 0.493 e. The van der Waals surface area contributed by atoms with Crippen LogP contribution in [-0.2, 0) is 13.0 Å². The molecule has 0 bridgehead atoms. The Morgan fingerprint density at radius 1 is 1.17 bits per heavy atom. The van der Waals surface area contributed by atoms with Crippen LogP contribution < -0.4 is 10.9 Å². The molecule has 1 aromatic heterocycles. The van der Waals surface area contributed by atoms with Gasteiger partial charge in [0.25, 0.3) is 11.5 Å². The second-order valence-corrected chi connectivity index (χ2v) is 6.88. The molecule has 1 heterocycles. The summed E-state index contributed by atoms with van der Waals surface area (Å²) in [5.41, 5.74) is 1.03. The van der Waals surface area contributed by atoms with Crippen LogP contribution in [-0.4, -0.2) is 22.6 Å². The van der Waals surface area contributed by atoms with E-state index in [1.165, 1.54) is 4.57 Å². The minimum absolute atomic E-state index is 0.00117. The van der Waals surface area contributed by atoms with Gasteiger partial charge in [0.05, 0.1) is 5.69 Å². The van der Waals surface area contributed by atoms with Crippen LogP contribution in [0, 0.1) is 11.3 Å². The number of benzene rings is 1. The second kappa shape index (κ2) is 10.9. The molecule has 0 spiro atoms. The van der Waals surface area contributed by atoms with E-state index >= 15 is 0 Å². The molecule has 0 radical (unpaired) electrons. The molecule has 1 aromatic carbocycles. The fourth-order valence-corrected chi connectivity index (χ4v) is 3.01. The average molecular weight is 409 g/mol. The van der Waals surface area contributed by atoms with Gasteiger partial charge in [0, 0.05) is 24.7 Å². The molecule has 8 nitrogen and oxygen atoms in total. The predicted octanol–water partition coefficient (Wildman–Crippen LogP) is 4.34. The molecule has 0 fully saturated rings. The van der Waals surface area contributed by atoms with Gasteiger partial charge < -0.3 is 10.4 Å². The van der Waals surface area contributed by atoms with Crippen LogP contribution in [0.5, 0.6) is 5.88 Å². The highest BCUT2D eigenvalue weighted by atomic mass is 16.3. The highest BCUT2D eigenvalue weighted by Crippen LogP contribution is 2.34. The first-order valence-corrected chi connectivity index (χ1v) is 10.1. The minimum Gasteiger partial charge on any atom is -0.493 e. The van der Waals surface area contributed by atoms with Gasteiger partial charge in [-0.05, 0) is 43.5 Å². The summed E-state index contributed by atoms with van der Waals surface area (Å²) >= 11 is 0. The van der Waals surface area contributed by atoms with Crippen molar-refractivity contribution < 1.29 is 9.90 Å². The number of rotatable bonds is 9. The van der Waals surface area contributed by atoms with Crippen LogP contribution in [0.3, 0.4) is 0 Å². The maximum Gasteiger partial charge on any atom is 0.271 e. The lowest BCUT2D eigenvalue weighted by Crippen LogP contribution is -2.24. The molecular weight excluding hydrogens is 382 g/mol. The van der Waals surface area contributed by atoms with Crippen molar-refractivity contribution in [3.63, 3.8) is 0 Å². The van der Waals surface area contributed by atoms with Gasteiger partial charge in [-0.15, -0.1) is 5.11 Å². The zero-order valence-electron chi connectivity index (χ0n) is 17.6. The molecule has 0 saturated heterocycles.